The lowest BCUT2D eigenvalue weighted by Crippen LogP contribution is -2.31. The van der Waals surface area contributed by atoms with E-state index in [-0.39, 0.29) is 6.10 Å². The number of hydrogen-bond acceptors (Lipinski definition) is 3. The van der Waals surface area contributed by atoms with Gasteiger partial charge in [-0.3, -0.25) is 0 Å². The maximum Gasteiger partial charge on any atom is 0.0721 e. The van der Waals surface area contributed by atoms with E-state index in [1.165, 1.54) is 5.56 Å². The highest BCUT2D eigenvalue weighted by Gasteiger charge is 2.19. The Balaban J connectivity index is 2.29. The van der Waals surface area contributed by atoms with E-state index in [4.69, 9.17) is 16.3 Å². The van der Waals surface area contributed by atoms with E-state index in [0.29, 0.717) is 0 Å². The first-order valence-electron chi connectivity index (χ1n) is 6.51. The van der Waals surface area contributed by atoms with Gasteiger partial charge >= 0.3 is 0 Å². The van der Waals surface area contributed by atoms with Crippen molar-refractivity contribution in [3.63, 3.8) is 0 Å². The molecule has 1 heterocycles. The van der Waals surface area contributed by atoms with E-state index in [9.17, 15) is 0 Å². The van der Waals surface area contributed by atoms with Gasteiger partial charge in [-0.1, -0.05) is 23.7 Å². The van der Waals surface area contributed by atoms with Gasteiger partial charge in [-0.05, 0) is 32.0 Å². The van der Waals surface area contributed by atoms with Gasteiger partial charge in [0.1, 0.15) is 0 Å². The van der Waals surface area contributed by atoms with Crippen molar-refractivity contribution in [2.45, 2.75) is 26.0 Å². The molecule has 100 valence electrons. The van der Waals surface area contributed by atoms with Crippen molar-refractivity contribution >= 4 is 17.3 Å². The lowest BCUT2D eigenvalue weighted by atomic mass is 10.1. The van der Waals surface area contributed by atoms with Gasteiger partial charge in [-0.25, -0.2) is 0 Å². The summed E-state index contributed by atoms with van der Waals surface area (Å²) in [6, 6.07) is 6.11. The molecule has 1 aliphatic heterocycles. The molecule has 1 aromatic rings. The van der Waals surface area contributed by atoms with Crippen LogP contribution < -0.4 is 10.2 Å². The normalized spacial score (nSPS) is 20.8. The number of anilines is 1. The highest BCUT2D eigenvalue weighted by Crippen LogP contribution is 2.31. The van der Waals surface area contributed by atoms with E-state index in [1.807, 2.05) is 19.2 Å². The Morgan fingerprint density at radius 1 is 1.50 bits per heavy atom. The Morgan fingerprint density at radius 3 is 3.11 bits per heavy atom. The van der Waals surface area contributed by atoms with Crippen molar-refractivity contribution < 1.29 is 4.74 Å². The van der Waals surface area contributed by atoms with Gasteiger partial charge in [0, 0.05) is 26.2 Å². The summed E-state index contributed by atoms with van der Waals surface area (Å²) < 4.78 is 5.69. The maximum atomic E-state index is 6.39. The highest BCUT2D eigenvalue weighted by molar-refractivity contribution is 6.33. The molecule has 4 heteroatoms. The van der Waals surface area contributed by atoms with Crippen LogP contribution in [0.2, 0.25) is 5.02 Å². The van der Waals surface area contributed by atoms with Crippen LogP contribution in [0.5, 0.6) is 0 Å². The third kappa shape index (κ3) is 3.16. The van der Waals surface area contributed by atoms with E-state index in [2.05, 4.69) is 23.2 Å². The summed E-state index contributed by atoms with van der Waals surface area (Å²) >= 11 is 6.39. The quantitative estimate of drug-likeness (QED) is 0.912. The predicted molar refractivity (Wildman–Crippen MR) is 76.5 cm³/mol. The zero-order chi connectivity index (χ0) is 13.0. The molecule has 0 spiro atoms. The van der Waals surface area contributed by atoms with Crippen LogP contribution in [0.4, 0.5) is 5.69 Å². The topological polar surface area (TPSA) is 24.5 Å². The minimum Gasteiger partial charge on any atom is -0.377 e. The molecule has 3 nitrogen and oxygen atoms in total. The number of rotatable bonds is 3. The second-order valence-electron chi connectivity index (χ2n) is 4.76. The SMILES string of the molecule is CNCc1cccc(Cl)c1N1CCCOC(C)C1. The minimum atomic E-state index is 0.256. The number of halogens is 1. The predicted octanol–water partition coefficient (Wildman–Crippen LogP) is 2.67. The molecule has 1 saturated heterocycles. The zero-order valence-corrected chi connectivity index (χ0v) is 11.8. The smallest absolute Gasteiger partial charge is 0.0721 e. The first-order valence-corrected chi connectivity index (χ1v) is 6.88. The van der Waals surface area contributed by atoms with Gasteiger partial charge < -0.3 is 15.0 Å². The van der Waals surface area contributed by atoms with Gasteiger partial charge in [0.25, 0.3) is 0 Å². The first kappa shape index (κ1) is 13.7. The van der Waals surface area contributed by atoms with Gasteiger partial charge in [-0.15, -0.1) is 0 Å². The largest absolute Gasteiger partial charge is 0.377 e. The molecule has 0 aliphatic carbocycles. The van der Waals surface area contributed by atoms with Crippen LogP contribution in [0.1, 0.15) is 18.9 Å². The van der Waals surface area contributed by atoms with Crippen molar-refractivity contribution in [1.82, 2.24) is 5.32 Å². The fraction of sp³-hybridized carbons (Fsp3) is 0.571. The van der Waals surface area contributed by atoms with E-state index in [1.54, 1.807) is 0 Å². The van der Waals surface area contributed by atoms with Crippen LogP contribution in [-0.2, 0) is 11.3 Å². The van der Waals surface area contributed by atoms with Crippen LogP contribution in [0, 0.1) is 0 Å². The van der Waals surface area contributed by atoms with Crippen LogP contribution in [0.25, 0.3) is 0 Å². The molecule has 2 rings (SSSR count). The second kappa shape index (κ2) is 6.41. The zero-order valence-electron chi connectivity index (χ0n) is 11.1. The monoisotopic (exact) mass is 268 g/mol. The third-order valence-electron chi connectivity index (χ3n) is 3.21. The van der Waals surface area contributed by atoms with Crippen LogP contribution in [-0.4, -0.2) is 32.8 Å². The summed E-state index contributed by atoms with van der Waals surface area (Å²) in [6.07, 6.45) is 1.31. The Kier molecular flexibility index (Phi) is 4.87. The van der Waals surface area contributed by atoms with E-state index < -0.39 is 0 Å². The highest BCUT2D eigenvalue weighted by atomic mass is 35.5. The minimum absolute atomic E-state index is 0.256. The molecule has 1 atom stereocenters. The summed E-state index contributed by atoms with van der Waals surface area (Å²) in [7, 11) is 1.96. The fourth-order valence-electron chi connectivity index (χ4n) is 2.44. The average Bonchev–Trinajstić information content (AvgIpc) is 2.54. The number of para-hydroxylation sites is 1. The molecule has 18 heavy (non-hydrogen) atoms. The molecule has 1 aromatic carbocycles. The lowest BCUT2D eigenvalue weighted by molar-refractivity contribution is 0.0821. The Bertz CT molecular complexity index is 397. The summed E-state index contributed by atoms with van der Waals surface area (Å²) in [4.78, 5) is 2.35. The van der Waals surface area contributed by atoms with Crippen molar-refractivity contribution in [1.29, 1.82) is 0 Å². The molecular weight excluding hydrogens is 248 g/mol. The maximum absolute atomic E-state index is 6.39. The Morgan fingerprint density at radius 2 is 2.33 bits per heavy atom. The number of hydrogen-bond donors (Lipinski definition) is 1. The number of benzene rings is 1. The first-order chi connectivity index (χ1) is 8.72. The molecule has 0 bridgehead atoms. The van der Waals surface area contributed by atoms with Crippen molar-refractivity contribution in [2.24, 2.45) is 0 Å². The summed E-state index contributed by atoms with van der Waals surface area (Å²) in [5, 5.41) is 4.03. The van der Waals surface area contributed by atoms with Gasteiger partial charge in [-0.2, -0.15) is 0 Å². The molecule has 1 unspecified atom stereocenters. The molecule has 0 radical (unpaired) electrons. The fourth-order valence-corrected chi connectivity index (χ4v) is 2.76. The van der Waals surface area contributed by atoms with Crippen molar-refractivity contribution in [3.05, 3.63) is 28.8 Å². The van der Waals surface area contributed by atoms with E-state index in [0.717, 1.165) is 43.4 Å². The van der Waals surface area contributed by atoms with Crippen molar-refractivity contribution in [2.75, 3.05) is 31.6 Å². The molecule has 0 saturated carbocycles. The molecular formula is C14H21ClN2O. The molecule has 1 N–H and O–H groups in total. The molecule has 0 aromatic heterocycles. The van der Waals surface area contributed by atoms with Crippen LogP contribution in [0.3, 0.4) is 0 Å². The Labute approximate surface area is 114 Å². The number of nitrogens with one attached hydrogen (secondary N) is 1. The average molecular weight is 269 g/mol. The van der Waals surface area contributed by atoms with E-state index >= 15 is 0 Å². The third-order valence-corrected chi connectivity index (χ3v) is 3.51. The van der Waals surface area contributed by atoms with Gasteiger partial charge in [0.15, 0.2) is 0 Å². The van der Waals surface area contributed by atoms with Crippen LogP contribution >= 0.6 is 11.6 Å². The lowest BCUT2D eigenvalue weighted by Gasteiger charge is -2.27. The number of nitrogens with zero attached hydrogens (tertiary/aromatic N) is 1. The van der Waals surface area contributed by atoms with Crippen LogP contribution in [0.15, 0.2) is 18.2 Å². The molecule has 1 aliphatic rings. The second-order valence-corrected chi connectivity index (χ2v) is 5.17. The van der Waals surface area contributed by atoms with Gasteiger partial charge in [0.2, 0.25) is 0 Å². The standard InChI is InChI=1S/C14H21ClN2O/c1-11-10-17(7-4-8-18-11)14-12(9-16-2)5-3-6-13(14)15/h3,5-6,11,16H,4,7-10H2,1-2H3. The van der Waals surface area contributed by atoms with Crippen molar-refractivity contribution in [3.8, 4) is 0 Å². The molecule has 0 amide bonds. The van der Waals surface area contributed by atoms with Gasteiger partial charge in [0.05, 0.1) is 16.8 Å². The summed E-state index contributed by atoms with van der Waals surface area (Å²) in [5.41, 5.74) is 2.41. The summed E-state index contributed by atoms with van der Waals surface area (Å²) in [6.45, 7) is 5.70. The number of ether oxygens (including phenoxy) is 1. The summed E-state index contributed by atoms with van der Waals surface area (Å²) in [5.74, 6) is 0. The molecule has 1 fully saturated rings. The Hall–Kier alpha value is -0.770.